The molecule has 0 aliphatic rings. The second-order valence-corrected chi connectivity index (χ2v) is 9.57. The molecule has 0 unspecified atom stereocenters. The van der Waals surface area contributed by atoms with Gasteiger partial charge < -0.3 is 5.32 Å². The van der Waals surface area contributed by atoms with Crippen LogP contribution >= 0.6 is 0 Å². The van der Waals surface area contributed by atoms with E-state index in [1.165, 1.54) is 12.1 Å². The van der Waals surface area contributed by atoms with E-state index in [0.29, 0.717) is 28.4 Å². The highest BCUT2D eigenvalue weighted by Crippen LogP contribution is 2.25. The van der Waals surface area contributed by atoms with Gasteiger partial charge in [0.2, 0.25) is 0 Å². The topological polar surface area (TPSA) is 71.7 Å². The summed E-state index contributed by atoms with van der Waals surface area (Å²) in [6.07, 6.45) is 9.56. The number of benzene rings is 2. The number of amides is 1. The Labute approximate surface area is 216 Å². The summed E-state index contributed by atoms with van der Waals surface area (Å²) in [7, 11) is 0. The maximum absolute atomic E-state index is 13.5. The summed E-state index contributed by atoms with van der Waals surface area (Å²) < 4.78 is 15.2. The Morgan fingerprint density at radius 1 is 1.08 bits per heavy atom. The van der Waals surface area contributed by atoms with Gasteiger partial charge in [-0.3, -0.25) is 4.79 Å². The van der Waals surface area contributed by atoms with Gasteiger partial charge in [-0.15, -0.1) is 0 Å². The third-order valence-electron chi connectivity index (χ3n) is 5.75. The lowest BCUT2D eigenvalue weighted by molar-refractivity contribution is 0.0977. The monoisotopic (exact) mass is 495 g/mol. The zero-order chi connectivity index (χ0) is 26.4. The van der Waals surface area contributed by atoms with E-state index in [1.807, 2.05) is 43.3 Å². The van der Waals surface area contributed by atoms with Crippen LogP contribution in [0.5, 0.6) is 0 Å². The number of hydrogen-bond acceptors (Lipinski definition) is 4. The highest BCUT2D eigenvalue weighted by molar-refractivity contribution is 6.11. The summed E-state index contributed by atoms with van der Waals surface area (Å²) >= 11 is 0. The summed E-state index contributed by atoms with van der Waals surface area (Å²) in [5.74, 6) is -0.215. The third-order valence-corrected chi connectivity index (χ3v) is 5.75. The molecule has 2 aromatic carbocycles. The lowest BCUT2D eigenvalue weighted by Gasteiger charge is -2.19. The molecule has 4 rings (SSSR count). The minimum absolute atomic E-state index is 0.000405. The molecule has 2 heterocycles. The van der Waals surface area contributed by atoms with Crippen molar-refractivity contribution in [2.45, 2.75) is 39.5 Å². The Balaban J connectivity index is 1.67. The molecule has 0 saturated heterocycles. The number of nitrogens with zero attached hydrogens (tertiary/aromatic N) is 4. The van der Waals surface area contributed by atoms with E-state index < -0.39 is 0 Å². The number of amidine groups is 1. The maximum Gasteiger partial charge on any atom is 0.256 e. The lowest BCUT2D eigenvalue weighted by atomic mass is 9.87. The zero-order valence-corrected chi connectivity index (χ0v) is 21.4. The van der Waals surface area contributed by atoms with Gasteiger partial charge in [-0.05, 0) is 78.1 Å². The van der Waals surface area contributed by atoms with Crippen molar-refractivity contribution in [3.05, 3.63) is 108 Å². The first-order valence-corrected chi connectivity index (χ1v) is 12.2. The summed E-state index contributed by atoms with van der Waals surface area (Å²) in [6, 6.07) is 17.4. The largest absolute Gasteiger partial charge is 0.307 e. The molecule has 6 nitrogen and oxygen atoms in total. The quantitative estimate of drug-likeness (QED) is 0.242. The van der Waals surface area contributed by atoms with Gasteiger partial charge in [-0.25, -0.2) is 18.9 Å². The first kappa shape index (κ1) is 25.7. The van der Waals surface area contributed by atoms with Crippen LogP contribution in [0.1, 0.15) is 55.7 Å². The van der Waals surface area contributed by atoms with Crippen molar-refractivity contribution in [3.63, 3.8) is 0 Å². The minimum atomic E-state index is -0.321. The molecule has 7 heteroatoms. The normalized spacial score (nSPS) is 12.6. The van der Waals surface area contributed by atoms with Crippen LogP contribution in [0, 0.1) is 5.82 Å². The molecular weight excluding hydrogens is 465 g/mol. The number of nitrogens with one attached hydrogen (secondary N) is 1. The van der Waals surface area contributed by atoms with E-state index in [4.69, 9.17) is 0 Å². The molecule has 2 aromatic heterocycles. The number of imidazole rings is 1. The number of carbonyl (C=O) groups is 1. The number of halogens is 1. The van der Waals surface area contributed by atoms with Crippen LogP contribution in [-0.4, -0.2) is 26.3 Å². The second-order valence-electron chi connectivity index (χ2n) is 9.57. The average molecular weight is 496 g/mol. The van der Waals surface area contributed by atoms with Crippen LogP contribution in [0.15, 0.2) is 90.2 Å². The van der Waals surface area contributed by atoms with E-state index in [-0.39, 0.29) is 17.1 Å². The number of rotatable bonds is 6. The Kier molecular flexibility index (Phi) is 7.72. The average Bonchev–Trinajstić information content (AvgIpc) is 3.25. The van der Waals surface area contributed by atoms with Gasteiger partial charge in [0, 0.05) is 23.5 Å². The van der Waals surface area contributed by atoms with E-state index in [1.54, 1.807) is 47.3 Å². The van der Waals surface area contributed by atoms with Gasteiger partial charge in [-0.2, -0.15) is 5.10 Å². The molecule has 188 valence electrons. The Morgan fingerprint density at radius 3 is 2.49 bits per heavy atom. The number of allylic oxidation sites excluding steroid dienone is 1. The van der Waals surface area contributed by atoms with Crippen LogP contribution < -0.4 is 5.32 Å². The number of fused-ring (bicyclic) bond motifs is 1. The van der Waals surface area contributed by atoms with Crippen LogP contribution in [0.4, 0.5) is 4.39 Å². The predicted octanol–water partition coefficient (Wildman–Crippen LogP) is 6.60. The predicted molar refractivity (Wildman–Crippen MR) is 147 cm³/mol. The van der Waals surface area contributed by atoms with Crippen molar-refractivity contribution in [2.24, 2.45) is 4.99 Å². The molecule has 4 aromatic rings. The molecule has 0 aliphatic carbocycles. The summed E-state index contributed by atoms with van der Waals surface area (Å²) in [4.78, 5) is 22.2. The van der Waals surface area contributed by atoms with Crippen molar-refractivity contribution in [2.75, 3.05) is 0 Å². The van der Waals surface area contributed by atoms with Crippen molar-refractivity contribution < 1.29 is 9.18 Å². The van der Waals surface area contributed by atoms with E-state index in [0.717, 1.165) is 17.5 Å². The molecular formula is C30H30FN5O. The van der Waals surface area contributed by atoms with Gasteiger partial charge in [-0.1, -0.05) is 45.9 Å². The molecule has 0 atom stereocenters. The molecule has 0 radical (unpaired) electrons. The number of hydrogen-bond donors (Lipinski definition) is 1. The van der Waals surface area contributed by atoms with Crippen molar-refractivity contribution in [3.8, 4) is 11.3 Å². The molecule has 0 aliphatic heterocycles. The fourth-order valence-corrected chi connectivity index (χ4v) is 3.70. The first-order valence-electron chi connectivity index (χ1n) is 12.2. The first-order chi connectivity index (χ1) is 17.8. The lowest BCUT2D eigenvalue weighted by Crippen LogP contribution is -2.29. The highest BCUT2D eigenvalue weighted by atomic mass is 19.1. The zero-order valence-electron chi connectivity index (χ0n) is 21.4. The standard InChI is InChI=1S/C30H30FN5O/c1-5-6-19-32-26(34-29(37)22-9-13-23(14-10-22)30(2,3)4)18-17-25-28(21-11-15-24(31)16-12-21)35-27-8-7-20-33-36(25)27/h6-20H,5H2,1-4H3,(H,32,34,37)/b18-17+,19-6-. The summed E-state index contributed by atoms with van der Waals surface area (Å²) in [5, 5.41) is 7.32. The van der Waals surface area contributed by atoms with Crippen LogP contribution in [0.3, 0.4) is 0 Å². The van der Waals surface area contributed by atoms with E-state index >= 15 is 0 Å². The van der Waals surface area contributed by atoms with Crippen LogP contribution in [0.2, 0.25) is 0 Å². The Hall–Kier alpha value is -4.39. The number of aliphatic imine (C=N–C) groups is 1. The van der Waals surface area contributed by atoms with E-state index in [9.17, 15) is 9.18 Å². The second kappa shape index (κ2) is 11.1. The fourth-order valence-electron chi connectivity index (χ4n) is 3.70. The van der Waals surface area contributed by atoms with E-state index in [2.05, 4.69) is 41.2 Å². The maximum atomic E-state index is 13.5. The van der Waals surface area contributed by atoms with Gasteiger partial charge in [0.1, 0.15) is 11.7 Å². The summed E-state index contributed by atoms with van der Waals surface area (Å²) in [5.41, 5.74) is 4.40. The minimum Gasteiger partial charge on any atom is -0.307 e. The third kappa shape index (κ3) is 6.25. The highest BCUT2D eigenvalue weighted by Gasteiger charge is 2.16. The Bertz CT molecular complexity index is 1470. The molecule has 1 N–H and O–H groups in total. The van der Waals surface area contributed by atoms with Crippen molar-refractivity contribution >= 4 is 23.5 Å². The number of carbonyl (C=O) groups excluding carboxylic acids is 1. The van der Waals surface area contributed by atoms with Crippen LogP contribution in [-0.2, 0) is 5.41 Å². The SMILES string of the molecule is CC\C=C/N=C(\C=C\c1c(-c2ccc(F)cc2)nc2cccnn12)NC(=O)c1ccc(C(C)(C)C)cc1. The van der Waals surface area contributed by atoms with Crippen LogP contribution in [0.25, 0.3) is 23.0 Å². The Morgan fingerprint density at radius 2 is 1.81 bits per heavy atom. The molecule has 1 amide bonds. The van der Waals surface area contributed by atoms with Gasteiger partial charge in [0.15, 0.2) is 5.65 Å². The van der Waals surface area contributed by atoms with Crippen molar-refractivity contribution in [1.29, 1.82) is 0 Å². The fraction of sp³-hybridized carbons (Fsp3) is 0.200. The molecule has 0 bridgehead atoms. The molecule has 0 saturated carbocycles. The summed E-state index contributed by atoms with van der Waals surface area (Å²) in [6.45, 7) is 8.41. The molecule has 37 heavy (non-hydrogen) atoms. The van der Waals surface area contributed by atoms with Crippen molar-refractivity contribution in [1.82, 2.24) is 19.9 Å². The molecule has 0 fully saturated rings. The van der Waals surface area contributed by atoms with Gasteiger partial charge in [0.25, 0.3) is 5.91 Å². The van der Waals surface area contributed by atoms with Gasteiger partial charge >= 0.3 is 0 Å². The molecule has 0 spiro atoms. The number of aromatic nitrogens is 3. The van der Waals surface area contributed by atoms with Gasteiger partial charge in [0.05, 0.1) is 11.4 Å². The smallest absolute Gasteiger partial charge is 0.256 e.